The van der Waals surface area contributed by atoms with Crippen LogP contribution in [0.1, 0.15) is 42.6 Å². The Hall–Kier alpha value is -3.66. The molecule has 0 unspecified atom stereocenters. The van der Waals surface area contributed by atoms with Gasteiger partial charge in [0.1, 0.15) is 5.75 Å². The lowest BCUT2D eigenvalue weighted by Gasteiger charge is -2.13. The fraction of sp³-hybridized carbons (Fsp3) is 0.273. The minimum Gasteiger partial charge on any atom is -0.479 e. The number of hydrogen-bond donors (Lipinski definition) is 1. The number of anilines is 1. The number of ether oxygens (including phenoxy) is 2. The van der Waals surface area contributed by atoms with Gasteiger partial charge in [0.05, 0.1) is 11.6 Å². The largest absolute Gasteiger partial charge is 0.479 e. The molecule has 0 fully saturated rings. The highest BCUT2D eigenvalue weighted by molar-refractivity contribution is 5.99. The molecule has 0 aliphatic carbocycles. The Morgan fingerprint density at radius 3 is 2.31 bits per heavy atom. The number of carbonyl (C=O) groups excluding carboxylic acids is 3. The van der Waals surface area contributed by atoms with Crippen molar-refractivity contribution in [3.8, 4) is 11.8 Å². The summed E-state index contributed by atoms with van der Waals surface area (Å²) in [6.07, 6.45) is 0.271. The van der Waals surface area contributed by atoms with E-state index >= 15 is 0 Å². The number of amides is 1. The van der Waals surface area contributed by atoms with Gasteiger partial charge in [0.25, 0.3) is 0 Å². The molecule has 7 heteroatoms. The molecule has 0 bridgehead atoms. The fourth-order valence-corrected chi connectivity index (χ4v) is 2.39. The second-order valence-corrected chi connectivity index (χ2v) is 6.30. The first-order valence-electron chi connectivity index (χ1n) is 9.19. The predicted molar refractivity (Wildman–Crippen MR) is 107 cm³/mol. The first-order valence-corrected chi connectivity index (χ1v) is 9.19. The molecule has 29 heavy (non-hydrogen) atoms. The number of rotatable bonds is 9. The molecule has 0 aliphatic rings. The summed E-state index contributed by atoms with van der Waals surface area (Å²) in [5.74, 6) is -0.709. The van der Waals surface area contributed by atoms with E-state index in [-0.39, 0.29) is 11.7 Å². The molecule has 0 saturated heterocycles. The van der Waals surface area contributed by atoms with Gasteiger partial charge in [0.15, 0.2) is 18.5 Å². The van der Waals surface area contributed by atoms with Crippen molar-refractivity contribution >= 4 is 23.3 Å². The highest BCUT2D eigenvalue weighted by atomic mass is 16.6. The Morgan fingerprint density at radius 2 is 1.72 bits per heavy atom. The standard InChI is InChI=1S/C22H22N2O5/c1-3-4-21(26)24-18-9-7-17(8-10-18)20(25)14-28-22(27)15(2)29-19-11-5-16(13-23)6-12-19/h5-12,15H,3-4,14H2,1-2H3,(H,24,26)/t15-/m0/s1. The van der Waals surface area contributed by atoms with Crippen LogP contribution in [-0.2, 0) is 14.3 Å². The first-order chi connectivity index (χ1) is 13.9. The van der Waals surface area contributed by atoms with Crippen molar-refractivity contribution in [1.82, 2.24) is 0 Å². The molecule has 0 heterocycles. The Labute approximate surface area is 169 Å². The zero-order valence-electron chi connectivity index (χ0n) is 16.3. The minimum atomic E-state index is -0.910. The van der Waals surface area contributed by atoms with Gasteiger partial charge in [0.2, 0.25) is 5.91 Å². The van der Waals surface area contributed by atoms with Gasteiger partial charge in [-0.2, -0.15) is 5.26 Å². The van der Waals surface area contributed by atoms with Crippen LogP contribution in [-0.4, -0.2) is 30.4 Å². The SMILES string of the molecule is CCCC(=O)Nc1ccc(C(=O)COC(=O)[C@H](C)Oc2ccc(C#N)cc2)cc1. The quantitative estimate of drug-likeness (QED) is 0.515. The Morgan fingerprint density at radius 1 is 1.07 bits per heavy atom. The van der Waals surface area contributed by atoms with Gasteiger partial charge in [0, 0.05) is 17.7 Å². The van der Waals surface area contributed by atoms with E-state index in [2.05, 4.69) is 5.32 Å². The third-order valence-electron chi connectivity index (χ3n) is 3.94. The van der Waals surface area contributed by atoms with Crippen molar-refractivity contribution in [2.45, 2.75) is 32.8 Å². The molecule has 0 saturated carbocycles. The van der Waals surface area contributed by atoms with E-state index in [0.717, 1.165) is 6.42 Å². The third-order valence-corrected chi connectivity index (χ3v) is 3.94. The highest BCUT2D eigenvalue weighted by Crippen LogP contribution is 2.14. The Bertz CT molecular complexity index is 898. The lowest BCUT2D eigenvalue weighted by molar-refractivity contribution is -0.149. The second-order valence-electron chi connectivity index (χ2n) is 6.30. The maximum absolute atomic E-state index is 12.2. The molecule has 150 valence electrons. The van der Waals surface area contributed by atoms with E-state index in [1.807, 2.05) is 13.0 Å². The van der Waals surface area contributed by atoms with Crippen molar-refractivity contribution in [2.75, 3.05) is 11.9 Å². The Balaban J connectivity index is 1.83. The van der Waals surface area contributed by atoms with Crippen LogP contribution in [0.4, 0.5) is 5.69 Å². The molecular weight excluding hydrogens is 372 g/mol. The minimum absolute atomic E-state index is 0.0863. The molecule has 0 radical (unpaired) electrons. The van der Waals surface area contributed by atoms with Gasteiger partial charge in [-0.3, -0.25) is 9.59 Å². The van der Waals surface area contributed by atoms with Gasteiger partial charge in [-0.1, -0.05) is 6.92 Å². The first kappa shape index (κ1) is 21.6. The number of hydrogen-bond acceptors (Lipinski definition) is 6. The van der Waals surface area contributed by atoms with Crippen molar-refractivity contribution in [3.63, 3.8) is 0 Å². The van der Waals surface area contributed by atoms with E-state index in [1.54, 1.807) is 48.5 Å². The van der Waals surface area contributed by atoms with Gasteiger partial charge < -0.3 is 14.8 Å². The number of ketones is 1. The maximum Gasteiger partial charge on any atom is 0.347 e. The van der Waals surface area contributed by atoms with Crippen molar-refractivity contribution < 1.29 is 23.9 Å². The summed E-state index contributed by atoms with van der Waals surface area (Å²) in [6.45, 7) is 3.01. The van der Waals surface area contributed by atoms with Crippen LogP contribution in [0.25, 0.3) is 0 Å². The average Bonchev–Trinajstić information content (AvgIpc) is 2.73. The lowest BCUT2D eigenvalue weighted by Crippen LogP contribution is -2.28. The molecule has 0 aromatic heterocycles. The number of Topliss-reactive ketones (excluding diaryl/α,β-unsaturated/α-hetero) is 1. The summed E-state index contributed by atoms with van der Waals surface area (Å²) >= 11 is 0. The maximum atomic E-state index is 12.2. The number of nitriles is 1. The van der Waals surface area contributed by atoms with Crippen LogP contribution in [0.3, 0.4) is 0 Å². The molecule has 1 amide bonds. The molecular formula is C22H22N2O5. The molecule has 2 aromatic carbocycles. The van der Waals surface area contributed by atoms with Crippen LogP contribution in [0.15, 0.2) is 48.5 Å². The average molecular weight is 394 g/mol. The topological polar surface area (TPSA) is 105 Å². The van der Waals surface area contributed by atoms with Gasteiger partial charge >= 0.3 is 5.97 Å². The molecule has 2 rings (SSSR count). The number of nitrogens with zero attached hydrogens (tertiary/aromatic N) is 1. The third kappa shape index (κ3) is 6.78. The van der Waals surface area contributed by atoms with Crippen LogP contribution >= 0.6 is 0 Å². The van der Waals surface area contributed by atoms with Crippen molar-refractivity contribution in [3.05, 3.63) is 59.7 Å². The van der Waals surface area contributed by atoms with E-state index < -0.39 is 18.7 Å². The predicted octanol–water partition coefficient (Wildman–Crippen LogP) is 3.49. The Kier molecular flexibility index (Phi) is 7.92. The van der Waals surface area contributed by atoms with Crippen molar-refractivity contribution in [2.24, 2.45) is 0 Å². The lowest BCUT2D eigenvalue weighted by atomic mass is 10.1. The summed E-state index contributed by atoms with van der Waals surface area (Å²) in [5, 5.41) is 11.5. The summed E-state index contributed by atoms with van der Waals surface area (Å²) < 4.78 is 10.5. The van der Waals surface area contributed by atoms with E-state index in [0.29, 0.717) is 29.0 Å². The smallest absolute Gasteiger partial charge is 0.347 e. The molecule has 7 nitrogen and oxygen atoms in total. The number of benzene rings is 2. The normalized spacial score (nSPS) is 11.1. The van der Waals surface area contributed by atoms with Gasteiger partial charge in [-0.25, -0.2) is 4.79 Å². The van der Waals surface area contributed by atoms with Crippen LogP contribution in [0.2, 0.25) is 0 Å². The molecule has 1 atom stereocenters. The van der Waals surface area contributed by atoms with E-state index in [1.165, 1.54) is 6.92 Å². The van der Waals surface area contributed by atoms with E-state index in [9.17, 15) is 14.4 Å². The molecule has 1 N–H and O–H groups in total. The highest BCUT2D eigenvalue weighted by Gasteiger charge is 2.18. The zero-order chi connectivity index (χ0) is 21.2. The number of esters is 1. The fourth-order valence-electron chi connectivity index (χ4n) is 2.39. The summed E-state index contributed by atoms with van der Waals surface area (Å²) in [7, 11) is 0. The molecule has 0 aliphatic heterocycles. The van der Waals surface area contributed by atoms with Gasteiger partial charge in [-0.15, -0.1) is 0 Å². The molecule has 0 spiro atoms. The van der Waals surface area contributed by atoms with Crippen LogP contribution in [0, 0.1) is 11.3 Å². The van der Waals surface area contributed by atoms with Gasteiger partial charge in [-0.05, 0) is 61.9 Å². The number of nitrogens with one attached hydrogen (secondary N) is 1. The van der Waals surface area contributed by atoms with Crippen LogP contribution < -0.4 is 10.1 Å². The molecule has 2 aromatic rings. The summed E-state index contributed by atoms with van der Waals surface area (Å²) in [6, 6.07) is 14.7. The second kappa shape index (κ2) is 10.6. The zero-order valence-corrected chi connectivity index (χ0v) is 16.3. The summed E-state index contributed by atoms with van der Waals surface area (Å²) in [5.41, 5.74) is 1.45. The van der Waals surface area contributed by atoms with E-state index in [4.69, 9.17) is 14.7 Å². The summed E-state index contributed by atoms with van der Waals surface area (Å²) in [4.78, 5) is 35.8. The van der Waals surface area contributed by atoms with Crippen molar-refractivity contribution in [1.29, 1.82) is 5.26 Å². The monoisotopic (exact) mass is 394 g/mol. The van der Waals surface area contributed by atoms with Crippen LogP contribution in [0.5, 0.6) is 5.75 Å². The number of carbonyl (C=O) groups is 3.